The van der Waals surface area contributed by atoms with Crippen molar-refractivity contribution in [2.24, 2.45) is 0 Å². The second kappa shape index (κ2) is 9.47. The number of rotatable bonds is 5. The molecule has 1 saturated heterocycles. The molecule has 1 aliphatic rings. The van der Waals surface area contributed by atoms with E-state index in [1.165, 1.54) is 6.33 Å². The Balaban J connectivity index is 1.34. The van der Waals surface area contributed by atoms with Gasteiger partial charge in [-0.2, -0.15) is 5.10 Å². The van der Waals surface area contributed by atoms with Crippen LogP contribution in [0.3, 0.4) is 0 Å². The fourth-order valence-corrected chi connectivity index (χ4v) is 3.81. The van der Waals surface area contributed by atoms with Crippen LogP contribution in [0.15, 0.2) is 55.1 Å². The van der Waals surface area contributed by atoms with E-state index in [0.29, 0.717) is 53.2 Å². The second-order valence-corrected chi connectivity index (χ2v) is 8.00. The summed E-state index contributed by atoms with van der Waals surface area (Å²) in [5.74, 6) is -0.221. The molecule has 1 N–H and O–H groups in total. The third-order valence-electron chi connectivity index (χ3n) is 5.00. The Bertz CT molecular complexity index is 1080. The van der Waals surface area contributed by atoms with Gasteiger partial charge in [-0.05, 0) is 36.4 Å². The topological polar surface area (TPSA) is 83.4 Å². The molecule has 2 aromatic carbocycles. The van der Waals surface area contributed by atoms with Crippen LogP contribution in [0.4, 0.5) is 5.69 Å². The van der Waals surface area contributed by atoms with Gasteiger partial charge < -0.3 is 10.2 Å². The molecule has 0 radical (unpaired) electrons. The van der Waals surface area contributed by atoms with Crippen LogP contribution in [0.5, 0.6) is 0 Å². The number of carbonyl (C=O) groups excluding carboxylic acids is 2. The van der Waals surface area contributed by atoms with Crippen molar-refractivity contribution >= 4 is 40.7 Å². The molecule has 0 unspecified atom stereocenters. The minimum Gasteiger partial charge on any atom is -0.336 e. The molecule has 31 heavy (non-hydrogen) atoms. The van der Waals surface area contributed by atoms with Crippen LogP contribution in [0.1, 0.15) is 10.4 Å². The van der Waals surface area contributed by atoms with Gasteiger partial charge in [-0.3, -0.25) is 14.5 Å². The highest BCUT2D eigenvalue weighted by Crippen LogP contribution is 2.24. The van der Waals surface area contributed by atoms with E-state index in [2.05, 4.69) is 15.4 Å². The lowest BCUT2D eigenvalue weighted by Crippen LogP contribution is -2.50. The maximum absolute atomic E-state index is 12.7. The maximum atomic E-state index is 12.7. The first-order chi connectivity index (χ1) is 15.0. The van der Waals surface area contributed by atoms with Gasteiger partial charge in [-0.15, -0.1) is 0 Å². The molecule has 0 saturated carbocycles. The minimum atomic E-state index is -0.168. The van der Waals surface area contributed by atoms with E-state index in [9.17, 15) is 9.59 Å². The van der Waals surface area contributed by atoms with Crippen molar-refractivity contribution in [2.45, 2.75) is 0 Å². The largest absolute Gasteiger partial charge is 0.336 e. The third-order valence-corrected chi connectivity index (χ3v) is 5.47. The third kappa shape index (κ3) is 5.22. The van der Waals surface area contributed by atoms with Crippen LogP contribution in [-0.2, 0) is 4.79 Å². The summed E-state index contributed by atoms with van der Waals surface area (Å²) in [6.45, 7) is 2.50. The SMILES string of the molecule is O=C(CN1CCN(C(=O)c2cccc(Cl)c2)CC1)Nc1cc(Cl)ccc1-n1cncn1. The zero-order valence-corrected chi connectivity index (χ0v) is 18.1. The average molecular weight is 459 g/mol. The van der Waals surface area contributed by atoms with E-state index in [4.69, 9.17) is 23.2 Å². The minimum absolute atomic E-state index is 0.0528. The number of hydrogen-bond acceptors (Lipinski definition) is 5. The molecule has 2 heterocycles. The van der Waals surface area contributed by atoms with Gasteiger partial charge in [0.25, 0.3) is 5.91 Å². The van der Waals surface area contributed by atoms with Crippen LogP contribution in [0.25, 0.3) is 5.69 Å². The maximum Gasteiger partial charge on any atom is 0.253 e. The monoisotopic (exact) mass is 458 g/mol. The van der Waals surface area contributed by atoms with Crippen molar-refractivity contribution in [2.75, 3.05) is 38.0 Å². The molecule has 3 aromatic rings. The molecule has 1 fully saturated rings. The summed E-state index contributed by atoms with van der Waals surface area (Å²) in [6.07, 6.45) is 2.97. The van der Waals surface area contributed by atoms with Crippen LogP contribution in [0.2, 0.25) is 10.0 Å². The standard InChI is InChI=1S/C21H20Cl2N6O2/c22-16-3-1-2-15(10-16)21(31)28-8-6-27(7-9-28)12-20(30)26-18-11-17(23)4-5-19(18)29-14-24-13-25-29/h1-5,10-11,13-14H,6-9,12H2,(H,26,30). The molecule has 0 spiro atoms. The van der Waals surface area contributed by atoms with Crippen LogP contribution in [-0.4, -0.2) is 69.1 Å². The number of benzene rings is 2. The van der Waals surface area contributed by atoms with Gasteiger partial charge in [0.1, 0.15) is 12.7 Å². The van der Waals surface area contributed by atoms with Crippen LogP contribution < -0.4 is 5.32 Å². The average Bonchev–Trinajstić information content (AvgIpc) is 3.28. The molecular formula is C21H20Cl2N6O2. The molecule has 4 rings (SSSR count). The zero-order chi connectivity index (χ0) is 21.8. The van der Waals surface area contributed by atoms with Gasteiger partial charge in [0.05, 0.1) is 17.9 Å². The second-order valence-electron chi connectivity index (χ2n) is 7.13. The summed E-state index contributed by atoms with van der Waals surface area (Å²) in [4.78, 5) is 33.0. The molecule has 1 aromatic heterocycles. The number of nitrogens with one attached hydrogen (secondary N) is 1. The van der Waals surface area contributed by atoms with E-state index in [0.717, 1.165) is 0 Å². The number of carbonyl (C=O) groups is 2. The highest BCUT2D eigenvalue weighted by molar-refractivity contribution is 6.31. The number of nitrogens with zero attached hydrogens (tertiary/aromatic N) is 5. The van der Waals surface area contributed by atoms with E-state index in [1.54, 1.807) is 58.4 Å². The highest BCUT2D eigenvalue weighted by atomic mass is 35.5. The van der Waals surface area contributed by atoms with Crippen molar-refractivity contribution in [3.63, 3.8) is 0 Å². The Morgan fingerprint density at radius 1 is 1.00 bits per heavy atom. The quantitative estimate of drug-likeness (QED) is 0.635. The van der Waals surface area contributed by atoms with Gasteiger partial charge in [0, 0.05) is 41.8 Å². The van der Waals surface area contributed by atoms with E-state index >= 15 is 0 Å². The van der Waals surface area contributed by atoms with Crippen molar-refractivity contribution < 1.29 is 9.59 Å². The number of amides is 2. The Morgan fingerprint density at radius 3 is 2.48 bits per heavy atom. The highest BCUT2D eigenvalue weighted by Gasteiger charge is 2.23. The number of halogens is 2. The predicted molar refractivity (Wildman–Crippen MR) is 119 cm³/mol. The molecule has 10 heteroatoms. The van der Waals surface area contributed by atoms with Gasteiger partial charge in [0.15, 0.2) is 0 Å². The Morgan fingerprint density at radius 2 is 1.77 bits per heavy atom. The molecule has 0 atom stereocenters. The van der Waals surface area contributed by atoms with E-state index in [1.807, 2.05) is 4.90 Å². The number of hydrogen-bond donors (Lipinski definition) is 1. The van der Waals surface area contributed by atoms with Gasteiger partial charge in [-0.1, -0.05) is 29.3 Å². The first-order valence-electron chi connectivity index (χ1n) is 9.71. The lowest BCUT2D eigenvalue weighted by Gasteiger charge is -2.34. The van der Waals surface area contributed by atoms with Crippen molar-refractivity contribution in [1.82, 2.24) is 24.6 Å². The van der Waals surface area contributed by atoms with Crippen LogP contribution >= 0.6 is 23.2 Å². The normalized spacial score (nSPS) is 14.5. The molecule has 0 aliphatic carbocycles. The molecule has 2 amide bonds. The van der Waals surface area contributed by atoms with E-state index < -0.39 is 0 Å². The van der Waals surface area contributed by atoms with Crippen molar-refractivity contribution in [3.8, 4) is 5.69 Å². The summed E-state index contributed by atoms with van der Waals surface area (Å²) in [5.41, 5.74) is 1.80. The first kappa shape index (κ1) is 21.3. The summed E-state index contributed by atoms with van der Waals surface area (Å²) >= 11 is 12.1. The Hall–Kier alpha value is -2.94. The Kier molecular flexibility index (Phi) is 6.50. The van der Waals surface area contributed by atoms with Gasteiger partial charge >= 0.3 is 0 Å². The molecule has 1 aliphatic heterocycles. The zero-order valence-electron chi connectivity index (χ0n) is 16.5. The fourth-order valence-electron chi connectivity index (χ4n) is 3.45. The van der Waals surface area contributed by atoms with Gasteiger partial charge in [0.2, 0.25) is 5.91 Å². The van der Waals surface area contributed by atoms with Gasteiger partial charge in [-0.25, -0.2) is 9.67 Å². The van der Waals surface area contributed by atoms with Crippen molar-refractivity contribution in [3.05, 3.63) is 70.7 Å². The molecule has 160 valence electrons. The number of aromatic nitrogens is 3. The molecule has 0 bridgehead atoms. The lowest BCUT2D eigenvalue weighted by molar-refractivity contribution is -0.117. The summed E-state index contributed by atoms with van der Waals surface area (Å²) in [5, 5.41) is 8.06. The molecule has 8 nitrogen and oxygen atoms in total. The summed E-state index contributed by atoms with van der Waals surface area (Å²) in [7, 11) is 0. The summed E-state index contributed by atoms with van der Waals surface area (Å²) in [6, 6.07) is 12.1. The number of anilines is 1. The molecular weight excluding hydrogens is 439 g/mol. The Labute approximate surface area is 189 Å². The van der Waals surface area contributed by atoms with Crippen molar-refractivity contribution in [1.29, 1.82) is 0 Å². The lowest BCUT2D eigenvalue weighted by atomic mass is 10.2. The predicted octanol–water partition coefficient (Wildman–Crippen LogP) is 2.97. The smallest absolute Gasteiger partial charge is 0.253 e. The first-order valence-corrected chi connectivity index (χ1v) is 10.5. The fraction of sp³-hybridized carbons (Fsp3) is 0.238. The summed E-state index contributed by atoms with van der Waals surface area (Å²) < 4.78 is 1.56. The number of piperazine rings is 1. The van der Waals surface area contributed by atoms with Crippen LogP contribution in [0, 0.1) is 0 Å². The van der Waals surface area contributed by atoms with E-state index in [-0.39, 0.29) is 18.4 Å².